The Bertz CT molecular complexity index is 696. The van der Waals surface area contributed by atoms with Crippen molar-refractivity contribution in [1.82, 2.24) is 10.6 Å². The second-order valence-electron chi connectivity index (χ2n) is 7.41. The van der Waals surface area contributed by atoms with Crippen molar-refractivity contribution in [2.75, 3.05) is 33.4 Å². The summed E-state index contributed by atoms with van der Waals surface area (Å²) in [5.74, 6) is 1.24. The molecule has 0 bridgehead atoms. The van der Waals surface area contributed by atoms with Crippen LogP contribution in [-0.2, 0) is 11.2 Å². The van der Waals surface area contributed by atoms with E-state index in [1.54, 1.807) is 0 Å². The van der Waals surface area contributed by atoms with Gasteiger partial charge in [-0.05, 0) is 17.5 Å². The van der Waals surface area contributed by atoms with Gasteiger partial charge in [0.1, 0.15) is 0 Å². The highest BCUT2D eigenvalue weighted by atomic mass is 16.5. The van der Waals surface area contributed by atoms with Crippen molar-refractivity contribution in [3.63, 3.8) is 0 Å². The molecule has 0 spiro atoms. The molecule has 1 heterocycles. The molecule has 1 fully saturated rings. The van der Waals surface area contributed by atoms with Crippen molar-refractivity contribution in [3.05, 3.63) is 71.8 Å². The van der Waals surface area contributed by atoms with E-state index in [1.165, 1.54) is 11.1 Å². The van der Waals surface area contributed by atoms with Crippen LogP contribution in [0.15, 0.2) is 65.7 Å². The molecule has 0 saturated carbocycles. The first kappa shape index (κ1) is 18.5. The predicted molar refractivity (Wildman–Crippen MR) is 108 cm³/mol. The van der Waals surface area contributed by atoms with E-state index >= 15 is 0 Å². The Morgan fingerprint density at radius 3 is 2.27 bits per heavy atom. The first-order valence-electron chi connectivity index (χ1n) is 9.30. The molecule has 26 heavy (non-hydrogen) atoms. The Kier molecular flexibility index (Phi) is 6.29. The second-order valence-corrected chi connectivity index (χ2v) is 7.41. The molecule has 2 aromatic rings. The summed E-state index contributed by atoms with van der Waals surface area (Å²) >= 11 is 0. The Labute approximate surface area is 156 Å². The van der Waals surface area contributed by atoms with E-state index in [9.17, 15) is 0 Å². The number of benzene rings is 2. The van der Waals surface area contributed by atoms with Gasteiger partial charge in [-0.2, -0.15) is 0 Å². The van der Waals surface area contributed by atoms with Crippen LogP contribution in [0.2, 0.25) is 0 Å². The van der Waals surface area contributed by atoms with Crippen LogP contribution < -0.4 is 10.6 Å². The highest BCUT2D eigenvalue weighted by Crippen LogP contribution is 2.25. The monoisotopic (exact) mass is 351 g/mol. The van der Waals surface area contributed by atoms with Crippen molar-refractivity contribution in [2.45, 2.75) is 19.3 Å². The van der Waals surface area contributed by atoms with E-state index in [-0.39, 0.29) is 5.41 Å². The van der Waals surface area contributed by atoms with Gasteiger partial charge in [-0.25, -0.2) is 0 Å². The maximum absolute atomic E-state index is 5.33. The Morgan fingerprint density at radius 1 is 1.04 bits per heavy atom. The highest BCUT2D eigenvalue weighted by molar-refractivity contribution is 5.79. The molecular formula is C22H29N3O. The molecule has 138 valence electrons. The number of ether oxygens (including phenoxy) is 1. The zero-order chi connectivity index (χ0) is 18.2. The third kappa shape index (κ3) is 5.09. The van der Waals surface area contributed by atoms with Gasteiger partial charge in [0, 0.05) is 31.5 Å². The lowest BCUT2D eigenvalue weighted by Crippen LogP contribution is -2.51. The second kappa shape index (κ2) is 8.86. The first-order valence-corrected chi connectivity index (χ1v) is 9.30. The van der Waals surface area contributed by atoms with E-state index in [4.69, 9.17) is 4.74 Å². The topological polar surface area (TPSA) is 45.7 Å². The maximum atomic E-state index is 5.33. The summed E-state index contributed by atoms with van der Waals surface area (Å²) in [7, 11) is 1.82. The van der Waals surface area contributed by atoms with E-state index < -0.39 is 0 Å². The summed E-state index contributed by atoms with van der Waals surface area (Å²) in [5, 5.41) is 6.95. The van der Waals surface area contributed by atoms with Crippen molar-refractivity contribution in [2.24, 2.45) is 10.4 Å². The average molecular weight is 351 g/mol. The molecule has 1 aliphatic heterocycles. The van der Waals surface area contributed by atoms with Crippen molar-refractivity contribution in [1.29, 1.82) is 0 Å². The van der Waals surface area contributed by atoms with Gasteiger partial charge in [0.05, 0.1) is 13.2 Å². The minimum Gasteiger partial charge on any atom is -0.380 e. The molecule has 2 aromatic carbocycles. The maximum Gasteiger partial charge on any atom is 0.191 e. The minimum atomic E-state index is 0.223. The number of hydrogen-bond acceptors (Lipinski definition) is 2. The SMILES string of the molecule is CN=C(NCC(Cc1ccccc1)c1ccccc1)NCC1(C)COC1. The van der Waals surface area contributed by atoms with Gasteiger partial charge >= 0.3 is 0 Å². The van der Waals surface area contributed by atoms with Crippen molar-refractivity contribution in [3.8, 4) is 0 Å². The molecule has 4 nitrogen and oxygen atoms in total. The Balaban J connectivity index is 1.61. The minimum absolute atomic E-state index is 0.223. The molecule has 0 aromatic heterocycles. The van der Waals surface area contributed by atoms with Crippen LogP contribution in [0.5, 0.6) is 0 Å². The van der Waals surface area contributed by atoms with Gasteiger partial charge in [0.15, 0.2) is 5.96 Å². The number of nitrogens with one attached hydrogen (secondary N) is 2. The first-order chi connectivity index (χ1) is 12.7. The lowest BCUT2D eigenvalue weighted by molar-refractivity contribution is -0.0971. The molecule has 0 radical (unpaired) electrons. The summed E-state index contributed by atoms with van der Waals surface area (Å²) < 4.78 is 5.33. The zero-order valence-electron chi connectivity index (χ0n) is 15.7. The summed E-state index contributed by atoms with van der Waals surface area (Å²) in [6, 6.07) is 21.4. The molecule has 1 aliphatic rings. The quantitative estimate of drug-likeness (QED) is 0.595. The lowest BCUT2D eigenvalue weighted by atomic mass is 9.89. The van der Waals surface area contributed by atoms with E-state index in [1.807, 2.05) is 7.05 Å². The fourth-order valence-corrected chi connectivity index (χ4v) is 3.22. The van der Waals surface area contributed by atoms with Crippen LogP contribution in [0.1, 0.15) is 24.0 Å². The van der Waals surface area contributed by atoms with E-state index in [0.29, 0.717) is 5.92 Å². The van der Waals surface area contributed by atoms with Gasteiger partial charge in [-0.3, -0.25) is 4.99 Å². The third-order valence-corrected chi connectivity index (χ3v) is 4.92. The largest absolute Gasteiger partial charge is 0.380 e. The van der Waals surface area contributed by atoms with Gasteiger partial charge in [0.25, 0.3) is 0 Å². The molecular weight excluding hydrogens is 322 g/mol. The molecule has 1 saturated heterocycles. The van der Waals surface area contributed by atoms with Crippen molar-refractivity contribution >= 4 is 5.96 Å². The Morgan fingerprint density at radius 2 is 1.69 bits per heavy atom. The molecule has 1 atom stereocenters. The fourth-order valence-electron chi connectivity index (χ4n) is 3.22. The normalized spacial score (nSPS) is 17.2. The van der Waals surface area contributed by atoms with E-state index in [2.05, 4.69) is 83.2 Å². The van der Waals surface area contributed by atoms with Gasteiger partial charge in [-0.15, -0.1) is 0 Å². The number of hydrogen-bond donors (Lipinski definition) is 2. The smallest absolute Gasteiger partial charge is 0.191 e. The highest BCUT2D eigenvalue weighted by Gasteiger charge is 2.33. The summed E-state index contributed by atoms with van der Waals surface area (Å²) in [4.78, 5) is 4.38. The van der Waals surface area contributed by atoms with Crippen LogP contribution in [-0.4, -0.2) is 39.3 Å². The summed E-state index contributed by atoms with van der Waals surface area (Å²) in [6.45, 7) is 5.58. The number of guanidine groups is 1. The fraction of sp³-hybridized carbons (Fsp3) is 0.409. The molecule has 0 amide bonds. The molecule has 0 aliphatic carbocycles. The number of rotatable bonds is 7. The Hall–Kier alpha value is -2.33. The van der Waals surface area contributed by atoms with Gasteiger partial charge in [0.2, 0.25) is 0 Å². The van der Waals surface area contributed by atoms with Crippen molar-refractivity contribution < 1.29 is 4.74 Å². The van der Waals surface area contributed by atoms with Gasteiger partial charge in [-0.1, -0.05) is 67.6 Å². The lowest BCUT2D eigenvalue weighted by Gasteiger charge is -2.38. The van der Waals surface area contributed by atoms with Crippen LogP contribution in [0.3, 0.4) is 0 Å². The molecule has 1 unspecified atom stereocenters. The summed E-state index contributed by atoms with van der Waals surface area (Å²) in [6.07, 6.45) is 1.00. The third-order valence-electron chi connectivity index (χ3n) is 4.92. The standard InChI is InChI=1S/C22H29N3O/c1-22(16-26-17-22)15-25-21(23-2)24-14-20(19-11-7-4-8-12-19)13-18-9-5-3-6-10-18/h3-12,20H,13-17H2,1-2H3,(H2,23,24,25). The number of aliphatic imine (C=N–C) groups is 1. The molecule has 4 heteroatoms. The molecule has 2 N–H and O–H groups in total. The van der Waals surface area contributed by atoms with Crippen LogP contribution in [0.4, 0.5) is 0 Å². The van der Waals surface area contributed by atoms with E-state index in [0.717, 1.165) is 38.7 Å². The summed E-state index contributed by atoms with van der Waals surface area (Å²) in [5.41, 5.74) is 2.92. The zero-order valence-corrected chi connectivity index (χ0v) is 15.7. The van der Waals surface area contributed by atoms with Crippen LogP contribution in [0, 0.1) is 5.41 Å². The number of nitrogens with zero attached hydrogens (tertiary/aromatic N) is 1. The van der Waals surface area contributed by atoms with Gasteiger partial charge < -0.3 is 15.4 Å². The molecule has 3 rings (SSSR count). The predicted octanol–water partition coefficient (Wildman–Crippen LogP) is 3.21. The van der Waals surface area contributed by atoms with Crippen LogP contribution >= 0.6 is 0 Å². The van der Waals surface area contributed by atoms with Crippen LogP contribution in [0.25, 0.3) is 0 Å². The average Bonchev–Trinajstić information content (AvgIpc) is 2.67.